The van der Waals surface area contributed by atoms with Gasteiger partial charge in [-0.25, -0.2) is 4.68 Å². The Labute approximate surface area is 190 Å². The van der Waals surface area contributed by atoms with E-state index in [0.29, 0.717) is 17.3 Å². The number of amides is 1. The average Bonchev–Trinajstić information content (AvgIpc) is 3.41. The van der Waals surface area contributed by atoms with Crippen molar-refractivity contribution in [1.82, 2.24) is 14.7 Å². The molecule has 31 heavy (non-hydrogen) atoms. The van der Waals surface area contributed by atoms with Gasteiger partial charge in [0.05, 0.1) is 17.1 Å². The molecule has 1 atom stereocenters. The molecule has 0 aliphatic carbocycles. The van der Waals surface area contributed by atoms with Crippen LogP contribution in [0.25, 0.3) is 16.9 Å². The fourth-order valence-electron chi connectivity index (χ4n) is 3.77. The number of hydrogen-bond donors (Lipinski definition) is 0. The largest absolute Gasteiger partial charge is 0.321 e. The van der Waals surface area contributed by atoms with Gasteiger partial charge >= 0.3 is 0 Å². The zero-order valence-corrected chi connectivity index (χ0v) is 18.3. The highest BCUT2D eigenvalue weighted by Crippen LogP contribution is 2.43. The molecule has 0 N–H and O–H groups in total. The second-order valence-electron chi connectivity index (χ2n) is 7.39. The summed E-state index contributed by atoms with van der Waals surface area (Å²) in [7, 11) is 0. The molecular weight excluding hydrogens is 426 g/mol. The van der Waals surface area contributed by atoms with Crippen LogP contribution in [0.15, 0.2) is 91.1 Å². The van der Waals surface area contributed by atoms with E-state index in [1.807, 2.05) is 82.4 Å². The highest BCUT2D eigenvalue weighted by Gasteiger charge is 2.35. The summed E-state index contributed by atoms with van der Waals surface area (Å²) < 4.78 is 1.90. The maximum Gasteiger partial charge on any atom is 0.234 e. The van der Waals surface area contributed by atoms with Crippen LogP contribution in [0.2, 0.25) is 5.02 Å². The molecule has 1 aliphatic rings. The molecule has 1 amide bonds. The number of rotatable bonds is 5. The van der Waals surface area contributed by atoms with Gasteiger partial charge in [0.15, 0.2) is 0 Å². The van der Waals surface area contributed by atoms with E-state index < -0.39 is 0 Å². The summed E-state index contributed by atoms with van der Waals surface area (Å²) in [5, 5.41) is 5.51. The summed E-state index contributed by atoms with van der Waals surface area (Å²) in [6, 6.07) is 27.9. The van der Waals surface area contributed by atoms with Crippen LogP contribution in [0.1, 0.15) is 16.5 Å². The third kappa shape index (κ3) is 4.11. The van der Waals surface area contributed by atoms with Crippen molar-refractivity contribution >= 4 is 29.3 Å². The van der Waals surface area contributed by atoms with Crippen LogP contribution in [-0.4, -0.2) is 26.3 Å². The Morgan fingerprint density at radius 2 is 1.61 bits per heavy atom. The summed E-state index contributed by atoms with van der Waals surface area (Å²) in [5.41, 5.74) is 5.03. The smallest absolute Gasteiger partial charge is 0.234 e. The van der Waals surface area contributed by atoms with Crippen molar-refractivity contribution in [3.8, 4) is 16.9 Å². The first kappa shape index (κ1) is 19.9. The van der Waals surface area contributed by atoms with Gasteiger partial charge in [-0.3, -0.25) is 4.79 Å². The predicted molar refractivity (Wildman–Crippen MR) is 126 cm³/mol. The van der Waals surface area contributed by atoms with Crippen molar-refractivity contribution < 1.29 is 4.79 Å². The fraction of sp³-hybridized carbons (Fsp3) is 0.120. The summed E-state index contributed by atoms with van der Waals surface area (Å²) in [5.74, 6) is 0.597. The molecule has 3 aromatic carbocycles. The van der Waals surface area contributed by atoms with Gasteiger partial charge < -0.3 is 4.90 Å². The summed E-state index contributed by atoms with van der Waals surface area (Å²) in [6.45, 7) is 0.540. The molecule has 0 bridgehead atoms. The van der Waals surface area contributed by atoms with Crippen molar-refractivity contribution in [1.29, 1.82) is 0 Å². The Morgan fingerprint density at radius 1 is 0.935 bits per heavy atom. The molecule has 5 rings (SSSR count). The highest BCUT2D eigenvalue weighted by molar-refractivity contribution is 8.00. The second-order valence-corrected chi connectivity index (χ2v) is 8.90. The standard InChI is InChI=1S/C25H20ClN3OS/c26-20-13-11-18(12-14-20)15-28-23(30)17-31-25(28)22-16-29(21-9-5-2-6-10-21)27-24(22)19-7-3-1-4-8-19/h1-14,16,25H,15,17H2. The molecule has 1 unspecified atom stereocenters. The Balaban J connectivity index is 1.56. The maximum atomic E-state index is 12.8. The average molecular weight is 446 g/mol. The molecule has 6 heteroatoms. The third-order valence-electron chi connectivity index (χ3n) is 5.31. The molecule has 0 saturated carbocycles. The number of benzene rings is 3. The Kier molecular flexibility index (Phi) is 5.53. The number of halogens is 1. The van der Waals surface area contributed by atoms with Crippen molar-refractivity contribution in [2.45, 2.75) is 11.9 Å². The van der Waals surface area contributed by atoms with Gasteiger partial charge in [0, 0.05) is 28.9 Å². The van der Waals surface area contributed by atoms with E-state index in [1.165, 1.54) is 0 Å². The second kappa shape index (κ2) is 8.61. The molecular formula is C25H20ClN3OS. The van der Waals surface area contributed by atoms with Crippen molar-refractivity contribution in [3.63, 3.8) is 0 Å². The van der Waals surface area contributed by atoms with Crippen LogP contribution < -0.4 is 0 Å². The zero-order valence-electron chi connectivity index (χ0n) is 16.7. The fourth-order valence-corrected chi connectivity index (χ4v) is 5.09. The quantitative estimate of drug-likeness (QED) is 0.380. The van der Waals surface area contributed by atoms with E-state index in [2.05, 4.69) is 18.3 Å². The van der Waals surface area contributed by atoms with E-state index in [9.17, 15) is 4.79 Å². The molecule has 1 aliphatic heterocycles. The first-order valence-corrected chi connectivity index (χ1v) is 11.5. The summed E-state index contributed by atoms with van der Waals surface area (Å²) in [4.78, 5) is 14.7. The van der Waals surface area contributed by atoms with Crippen LogP contribution in [0, 0.1) is 0 Å². The predicted octanol–water partition coefficient (Wildman–Crippen LogP) is 5.97. The SMILES string of the molecule is O=C1CSC(c2cn(-c3ccccc3)nc2-c2ccccc2)N1Cc1ccc(Cl)cc1. The van der Waals surface area contributed by atoms with E-state index in [4.69, 9.17) is 16.7 Å². The van der Waals surface area contributed by atoms with Crippen molar-refractivity contribution in [3.05, 3.63) is 107 Å². The number of thioether (sulfide) groups is 1. The topological polar surface area (TPSA) is 38.1 Å². The highest BCUT2D eigenvalue weighted by atomic mass is 35.5. The Morgan fingerprint density at radius 3 is 2.32 bits per heavy atom. The summed E-state index contributed by atoms with van der Waals surface area (Å²) in [6.07, 6.45) is 2.06. The minimum atomic E-state index is -0.101. The van der Waals surface area contributed by atoms with Crippen LogP contribution in [-0.2, 0) is 11.3 Å². The van der Waals surface area contributed by atoms with E-state index in [1.54, 1.807) is 11.8 Å². The molecule has 154 valence electrons. The van der Waals surface area contributed by atoms with Gasteiger partial charge in [-0.05, 0) is 29.8 Å². The number of carbonyl (C=O) groups is 1. The van der Waals surface area contributed by atoms with Crippen LogP contribution in [0.4, 0.5) is 0 Å². The Bertz CT molecular complexity index is 1190. The summed E-state index contributed by atoms with van der Waals surface area (Å²) >= 11 is 7.68. The number of carbonyl (C=O) groups excluding carboxylic acids is 1. The minimum Gasteiger partial charge on any atom is -0.321 e. The molecule has 1 fully saturated rings. The monoisotopic (exact) mass is 445 g/mol. The zero-order chi connectivity index (χ0) is 21.2. The third-order valence-corrected chi connectivity index (χ3v) is 6.80. The van der Waals surface area contributed by atoms with Gasteiger partial charge in [0.1, 0.15) is 5.37 Å². The molecule has 1 saturated heterocycles. The molecule has 1 aromatic heterocycles. The van der Waals surface area contributed by atoms with Gasteiger partial charge in [-0.1, -0.05) is 72.3 Å². The first-order chi connectivity index (χ1) is 15.2. The normalized spacial score (nSPS) is 16.1. The first-order valence-electron chi connectivity index (χ1n) is 10.0. The maximum absolute atomic E-state index is 12.8. The van der Waals surface area contributed by atoms with Crippen LogP contribution in [0.5, 0.6) is 0 Å². The van der Waals surface area contributed by atoms with E-state index in [-0.39, 0.29) is 11.3 Å². The number of para-hydroxylation sites is 1. The van der Waals surface area contributed by atoms with Gasteiger partial charge in [0.25, 0.3) is 0 Å². The van der Waals surface area contributed by atoms with Gasteiger partial charge in [-0.2, -0.15) is 5.10 Å². The lowest BCUT2D eigenvalue weighted by Gasteiger charge is -2.24. The van der Waals surface area contributed by atoms with Crippen LogP contribution in [0.3, 0.4) is 0 Å². The molecule has 2 heterocycles. The number of aromatic nitrogens is 2. The van der Waals surface area contributed by atoms with Crippen LogP contribution >= 0.6 is 23.4 Å². The van der Waals surface area contributed by atoms with Crippen molar-refractivity contribution in [2.24, 2.45) is 0 Å². The minimum absolute atomic E-state index is 0.101. The molecule has 0 spiro atoms. The number of nitrogens with zero attached hydrogens (tertiary/aromatic N) is 3. The van der Waals surface area contributed by atoms with Gasteiger partial charge in [-0.15, -0.1) is 11.8 Å². The van der Waals surface area contributed by atoms with Crippen molar-refractivity contribution in [2.75, 3.05) is 5.75 Å². The van der Waals surface area contributed by atoms with Gasteiger partial charge in [0.2, 0.25) is 5.91 Å². The molecule has 4 aromatic rings. The number of hydrogen-bond acceptors (Lipinski definition) is 3. The lowest BCUT2D eigenvalue weighted by atomic mass is 10.1. The lowest BCUT2D eigenvalue weighted by Crippen LogP contribution is -2.27. The van der Waals surface area contributed by atoms with E-state index >= 15 is 0 Å². The lowest BCUT2D eigenvalue weighted by molar-refractivity contribution is -0.128. The molecule has 4 nitrogen and oxygen atoms in total. The molecule has 0 radical (unpaired) electrons. The Hall–Kier alpha value is -3.02. The van der Waals surface area contributed by atoms with E-state index in [0.717, 1.165) is 28.1 Å².